The Hall–Kier alpha value is -1.27. The number of rotatable bonds is 4. The first-order valence-electron chi connectivity index (χ1n) is 4.73. The molecule has 2 atom stereocenters. The van der Waals surface area contributed by atoms with Gasteiger partial charge in [0, 0.05) is 11.1 Å². The van der Waals surface area contributed by atoms with E-state index < -0.39 is 22.7 Å². The maximum atomic E-state index is 13.5. The third-order valence-electron chi connectivity index (χ3n) is 2.17. The Kier molecular flexibility index (Phi) is 4.36. The molecule has 6 heteroatoms. The molecule has 0 bridgehead atoms. The summed E-state index contributed by atoms with van der Waals surface area (Å²) in [6.07, 6.45) is -1.93. The number of benzene rings is 1. The minimum absolute atomic E-state index is 0.119. The van der Waals surface area contributed by atoms with Crippen LogP contribution in [0, 0.1) is 5.82 Å². The molecule has 0 aromatic heterocycles. The summed E-state index contributed by atoms with van der Waals surface area (Å²) in [7, 11) is 0. The summed E-state index contributed by atoms with van der Waals surface area (Å²) >= 11 is 3.06. The molecule has 0 saturated carbocycles. The molecule has 1 aromatic rings. The second-order valence-electron chi connectivity index (χ2n) is 3.46. The molecule has 0 aliphatic heterocycles. The number of carbonyl (C=O) groups is 2. The van der Waals surface area contributed by atoms with Crippen molar-refractivity contribution in [2.75, 3.05) is 0 Å². The maximum Gasteiger partial charge on any atom is 0.337 e. The van der Waals surface area contributed by atoms with Crippen molar-refractivity contribution in [1.29, 1.82) is 0 Å². The molecular formula is C11H10BrFO4. The molecule has 0 aliphatic carbocycles. The number of carboxylic acid groups (broad SMARTS) is 1. The quantitative estimate of drug-likeness (QED) is 0.658. The highest BCUT2D eigenvalue weighted by Gasteiger charge is 2.21. The topological polar surface area (TPSA) is 74.6 Å². The van der Waals surface area contributed by atoms with Gasteiger partial charge < -0.3 is 10.2 Å². The lowest BCUT2D eigenvalue weighted by atomic mass is 10.0. The predicted molar refractivity (Wildman–Crippen MR) is 61.7 cm³/mol. The lowest BCUT2D eigenvalue weighted by Gasteiger charge is -2.09. The number of aliphatic hydroxyl groups is 1. The Morgan fingerprint density at radius 2 is 2.00 bits per heavy atom. The van der Waals surface area contributed by atoms with E-state index in [1.54, 1.807) is 6.92 Å². The largest absolute Gasteiger partial charge is 0.479 e. The van der Waals surface area contributed by atoms with E-state index in [1.165, 1.54) is 6.07 Å². The van der Waals surface area contributed by atoms with E-state index in [1.807, 2.05) is 0 Å². The van der Waals surface area contributed by atoms with E-state index in [2.05, 4.69) is 15.9 Å². The first kappa shape index (κ1) is 13.8. The molecule has 0 radical (unpaired) electrons. The van der Waals surface area contributed by atoms with Gasteiger partial charge in [-0.25, -0.2) is 9.18 Å². The van der Waals surface area contributed by atoms with Gasteiger partial charge in [0.25, 0.3) is 0 Å². The minimum atomic E-state index is -1.93. The third-order valence-corrected chi connectivity index (χ3v) is 2.59. The number of halogens is 2. The zero-order chi connectivity index (χ0) is 13.2. The number of hydrogen-bond donors (Lipinski definition) is 2. The highest BCUT2D eigenvalue weighted by molar-refractivity contribution is 9.10. The lowest BCUT2D eigenvalue weighted by molar-refractivity contribution is -0.147. The van der Waals surface area contributed by atoms with Crippen molar-refractivity contribution in [2.24, 2.45) is 0 Å². The first-order valence-corrected chi connectivity index (χ1v) is 5.64. The minimum Gasteiger partial charge on any atom is -0.479 e. The first-order chi connectivity index (χ1) is 7.84. The zero-order valence-corrected chi connectivity index (χ0v) is 10.4. The Labute approximate surface area is 105 Å². The highest BCUT2D eigenvalue weighted by Crippen LogP contribution is 2.20. The van der Waals surface area contributed by atoms with E-state index in [9.17, 15) is 19.1 Å². The van der Waals surface area contributed by atoms with Crippen LogP contribution >= 0.6 is 15.9 Å². The van der Waals surface area contributed by atoms with Crippen molar-refractivity contribution in [1.82, 2.24) is 0 Å². The molecule has 0 spiro atoms. The van der Waals surface area contributed by atoms with Gasteiger partial charge in [-0.3, -0.25) is 4.79 Å². The van der Waals surface area contributed by atoms with Crippen molar-refractivity contribution in [2.45, 2.75) is 17.9 Å². The van der Waals surface area contributed by atoms with E-state index in [0.29, 0.717) is 0 Å². The summed E-state index contributed by atoms with van der Waals surface area (Å²) in [6, 6.07) is 3.29. The van der Waals surface area contributed by atoms with Crippen LogP contribution < -0.4 is 0 Å². The average molecular weight is 305 g/mol. The molecule has 0 heterocycles. The fourth-order valence-electron chi connectivity index (χ4n) is 1.26. The predicted octanol–water partition coefficient (Wildman–Crippen LogP) is 1.91. The number of carboxylic acids is 1. The van der Waals surface area contributed by atoms with Crippen LogP contribution in [-0.4, -0.2) is 26.8 Å². The Morgan fingerprint density at radius 1 is 1.41 bits per heavy atom. The maximum absolute atomic E-state index is 13.5. The van der Waals surface area contributed by atoms with E-state index in [-0.39, 0.29) is 16.9 Å². The van der Waals surface area contributed by atoms with Gasteiger partial charge in [-0.05, 0) is 13.0 Å². The van der Waals surface area contributed by atoms with E-state index in [4.69, 9.17) is 5.11 Å². The van der Waals surface area contributed by atoms with Crippen LogP contribution in [0.4, 0.5) is 4.39 Å². The van der Waals surface area contributed by atoms with Crippen molar-refractivity contribution in [3.63, 3.8) is 0 Å². The van der Waals surface area contributed by atoms with Gasteiger partial charge >= 0.3 is 5.97 Å². The normalized spacial score (nSPS) is 14.1. The molecule has 4 nitrogen and oxygen atoms in total. The molecule has 0 aliphatic rings. The van der Waals surface area contributed by atoms with Gasteiger partial charge in [-0.2, -0.15) is 0 Å². The number of aliphatic hydroxyl groups excluding tert-OH is 1. The van der Waals surface area contributed by atoms with Gasteiger partial charge in [0.05, 0.1) is 4.83 Å². The summed E-state index contributed by atoms with van der Waals surface area (Å²) in [6.45, 7) is 1.60. The fourth-order valence-corrected chi connectivity index (χ4v) is 1.53. The molecule has 2 unspecified atom stereocenters. The van der Waals surface area contributed by atoms with Crippen LogP contribution in [0.3, 0.4) is 0 Å². The Balaban J connectivity index is 3.10. The summed E-state index contributed by atoms with van der Waals surface area (Å²) in [5.74, 6) is -2.78. The SMILES string of the molecule is CC(Br)C(=O)c1ccc(C(O)C(=O)O)c(F)c1. The van der Waals surface area contributed by atoms with Gasteiger partial charge in [0.15, 0.2) is 11.9 Å². The number of alkyl halides is 1. The van der Waals surface area contributed by atoms with Crippen LogP contribution in [0.5, 0.6) is 0 Å². The van der Waals surface area contributed by atoms with Crippen molar-refractivity contribution in [3.05, 3.63) is 35.1 Å². The fraction of sp³-hybridized carbons (Fsp3) is 0.273. The molecular weight excluding hydrogens is 295 g/mol. The van der Waals surface area contributed by atoms with E-state index >= 15 is 0 Å². The lowest BCUT2D eigenvalue weighted by Crippen LogP contribution is -2.14. The summed E-state index contributed by atoms with van der Waals surface area (Å²) in [4.78, 5) is 21.5. The molecule has 92 valence electrons. The summed E-state index contributed by atoms with van der Waals surface area (Å²) < 4.78 is 13.5. The number of aliphatic carboxylic acids is 1. The molecule has 0 fully saturated rings. The molecule has 0 amide bonds. The smallest absolute Gasteiger partial charge is 0.337 e. The number of hydrogen-bond acceptors (Lipinski definition) is 3. The Bertz CT molecular complexity index is 459. The highest BCUT2D eigenvalue weighted by atomic mass is 79.9. The summed E-state index contributed by atoms with van der Waals surface area (Å²) in [5, 5.41) is 17.7. The number of carbonyl (C=O) groups excluding carboxylic acids is 1. The second kappa shape index (κ2) is 5.37. The average Bonchev–Trinajstić information content (AvgIpc) is 2.26. The van der Waals surface area contributed by atoms with Gasteiger partial charge in [0.2, 0.25) is 0 Å². The van der Waals surface area contributed by atoms with Gasteiger partial charge in [-0.15, -0.1) is 0 Å². The van der Waals surface area contributed by atoms with E-state index in [0.717, 1.165) is 12.1 Å². The molecule has 0 saturated heterocycles. The van der Waals surface area contributed by atoms with Gasteiger partial charge in [0.1, 0.15) is 5.82 Å². The molecule has 1 aromatic carbocycles. The van der Waals surface area contributed by atoms with Crippen molar-refractivity contribution >= 4 is 27.7 Å². The van der Waals surface area contributed by atoms with Crippen LogP contribution in [0.15, 0.2) is 18.2 Å². The monoisotopic (exact) mass is 304 g/mol. The molecule has 17 heavy (non-hydrogen) atoms. The number of Topliss-reactive ketones (excluding diaryl/α,β-unsaturated/α-hetero) is 1. The van der Waals surface area contributed by atoms with Crippen molar-refractivity contribution < 1.29 is 24.2 Å². The third kappa shape index (κ3) is 3.10. The van der Waals surface area contributed by atoms with Crippen LogP contribution in [-0.2, 0) is 4.79 Å². The molecule has 2 N–H and O–H groups in total. The Morgan fingerprint density at radius 3 is 2.41 bits per heavy atom. The molecule has 1 rings (SSSR count). The van der Waals surface area contributed by atoms with Crippen LogP contribution in [0.25, 0.3) is 0 Å². The van der Waals surface area contributed by atoms with Crippen LogP contribution in [0.2, 0.25) is 0 Å². The van der Waals surface area contributed by atoms with Gasteiger partial charge in [-0.1, -0.05) is 28.1 Å². The second-order valence-corrected chi connectivity index (χ2v) is 4.83. The summed E-state index contributed by atoms with van der Waals surface area (Å²) in [5.41, 5.74) is -0.246. The standard InChI is InChI=1S/C11H10BrFO4/c1-5(12)9(14)6-2-3-7(8(13)4-6)10(15)11(16)17/h2-5,10,15H,1H3,(H,16,17). The van der Waals surface area contributed by atoms with Crippen molar-refractivity contribution in [3.8, 4) is 0 Å². The zero-order valence-electron chi connectivity index (χ0n) is 8.85. The number of ketones is 1. The van der Waals surface area contributed by atoms with Crippen LogP contribution in [0.1, 0.15) is 28.9 Å².